The molecule has 2 saturated heterocycles. The Morgan fingerprint density at radius 1 is 1.21 bits per heavy atom. The normalized spacial score (nSPS) is 20.6. The fourth-order valence-electron chi connectivity index (χ4n) is 5.09. The molecule has 2 atom stereocenters. The average Bonchev–Trinajstić information content (AvgIpc) is 3.32. The standard InChI is InChI=1S/C24H28Cl2FN7O3S/c1-38(36,37)31-18-6-5-15(25)10-17(18)24(35)33-8-3-2-4-20(33)19-11-22-29-21(26)12-23(34(22)30-19)32-9-7-28-16(13-27)14-32/h5-6,10-12,16,20,28,31H,2-4,7-9,13-14H2,1H3/t16-,20-/m0/s1. The molecule has 1 amide bonds. The number of aromatic nitrogens is 3. The number of halogens is 3. The second kappa shape index (κ2) is 10.8. The number of likely N-dealkylation sites (tertiary alicyclic amines) is 1. The predicted molar refractivity (Wildman–Crippen MR) is 146 cm³/mol. The Hall–Kier alpha value is -2.67. The first-order chi connectivity index (χ1) is 18.1. The van der Waals surface area contributed by atoms with Gasteiger partial charge in [-0.1, -0.05) is 23.2 Å². The smallest absolute Gasteiger partial charge is 0.256 e. The van der Waals surface area contributed by atoms with Gasteiger partial charge in [0, 0.05) is 43.3 Å². The van der Waals surface area contributed by atoms with E-state index < -0.39 is 16.7 Å². The first-order valence-corrected chi connectivity index (χ1v) is 15.0. The summed E-state index contributed by atoms with van der Waals surface area (Å²) >= 11 is 12.5. The Labute approximate surface area is 230 Å². The molecule has 0 radical (unpaired) electrons. The van der Waals surface area contributed by atoms with Crippen molar-refractivity contribution in [1.29, 1.82) is 0 Å². The number of nitrogens with one attached hydrogen (secondary N) is 2. The zero-order valence-electron chi connectivity index (χ0n) is 20.7. The van der Waals surface area contributed by atoms with Crippen molar-refractivity contribution >= 4 is 56.3 Å². The molecule has 2 aliphatic heterocycles. The Kier molecular flexibility index (Phi) is 7.67. The number of piperazine rings is 1. The quantitative estimate of drug-likeness (QED) is 0.427. The van der Waals surface area contributed by atoms with Crippen LogP contribution in [-0.2, 0) is 10.0 Å². The van der Waals surface area contributed by atoms with E-state index in [0.29, 0.717) is 59.9 Å². The molecule has 0 bridgehead atoms. The molecule has 2 fully saturated rings. The van der Waals surface area contributed by atoms with E-state index in [-0.39, 0.29) is 29.2 Å². The molecule has 0 aliphatic carbocycles. The predicted octanol–water partition coefficient (Wildman–Crippen LogP) is 3.52. The van der Waals surface area contributed by atoms with Crippen molar-refractivity contribution in [3.63, 3.8) is 0 Å². The van der Waals surface area contributed by atoms with Gasteiger partial charge in [0.15, 0.2) is 5.65 Å². The van der Waals surface area contributed by atoms with Crippen molar-refractivity contribution in [1.82, 2.24) is 24.8 Å². The summed E-state index contributed by atoms with van der Waals surface area (Å²) in [5, 5.41) is 8.60. The number of alkyl halides is 1. The molecule has 38 heavy (non-hydrogen) atoms. The van der Waals surface area contributed by atoms with E-state index in [1.165, 1.54) is 18.2 Å². The summed E-state index contributed by atoms with van der Waals surface area (Å²) in [5.41, 5.74) is 1.50. The van der Waals surface area contributed by atoms with Gasteiger partial charge in [-0.05, 0) is 37.5 Å². The Balaban J connectivity index is 1.51. The van der Waals surface area contributed by atoms with Crippen LogP contribution in [0.15, 0.2) is 30.3 Å². The lowest BCUT2D eigenvalue weighted by Crippen LogP contribution is -2.52. The zero-order valence-corrected chi connectivity index (χ0v) is 23.0. The monoisotopic (exact) mass is 583 g/mol. The van der Waals surface area contributed by atoms with E-state index in [1.807, 2.05) is 11.0 Å². The van der Waals surface area contributed by atoms with Crippen LogP contribution < -0.4 is 14.9 Å². The fourth-order valence-corrected chi connectivity index (χ4v) is 6.02. The van der Waals surface area contributed by atoms with Crippen LogP contribution in [0.5, 0.6) is 0 Å². The third-order valence-electron chi connectivity index (χ3n) is 6.77. The number of amides is 1. The van der Waals surface area contributed by atoms with Crippen molar-refractivity contribution in [2.24, 2.45) is 0 Å². The maximum atomic E-state index is 13.8. The van der Waals surface area contributed by atoms with Crippen LogP contribution in [0, 0.1) is 0 Å². The highest BCUT2D eigenvalue weighted by Gasteiger charge is 2.33. The number of hydrogen-bond acceptors (Lipinski definition) is 7. The first-order valence-electron chi connectivity index (χ1n) is 12.3. The third-order valence-corrected chi connectivity index (χ3v) is 7.79. The number of nitrogens with zero attached hydrogens (tertiary/aromatic N) is 5. The van der Waals surface area contributed by atoms with Crippen molar-refractivity contribution in [3.8, 4) is 0 Å². The van der Waals surface area contributed by atoms with Gasteiger partial charge < -0.3 is 15.1 Å². The lowest BCUT2D eigenvalue weighted by Gasteiger charge is -2.35. The van der Waals surface area contributed by atoms with Gasteiger partial charge in [0.1, 0.15) is 17.6 Å². The van der Waals surface area contributed by atoms with Crippen LogP contribution in [0.2, 0.25) is 10.2 Å². The highest BCUT2D eigenvalue weighted by Crippen LogP contribution is 2.35. The second-order valence-corrected chi connectivity index (χ2v) is 12.2. The molecule has 2 aromatic heterocycles. The lowest BCUT2D eigenvalue weighted by molar-refractivity contribution is 0.0607. The van der Waals surface area contributed by atoms with Crippen molar-refractivity contribution < 1.29 is 17.6 Å². The van der Waals surface area contributed by atoms with Crippen LogP contribution in [0.4, 0.5) is 15.9 Å². The summed E-state index contributed by atoms with van der Waals surface area (Å²) in [5.74, 6) is 0.355. The van der Waals surface area contributed by atoms with Crippen LogP contribution in [0.1, 0.15) is 41.4 Å². The highest BCUT2D eigenvalue weighted by molar-refractivity contribution is 7.92. The highest BCUT2D eigenvalue weighted by atomic mass is 35.5. The second-order valence-electron chi connectivity index (χ2n) is 9.60. The molecule has 14 heteroatoms. The van der Waals surface area contributed by atoms with E-state index in [0.717, 1.165) is 19.1 Å². The minimum atomic E-state index is -3.62. The molecule has 0 unspecified atom stereocenters. The summed E-state index contributed by atoms with van der Waals surface area (Å²) in [6, 6.07) is 7.35. The molecular formula is C24H28Cl2FN7O3S. The lowest BCUT2D eigenvalue weighted by atomic mass is 9.98. The van der Waals surface area contributed by atoms with Crippen molar-refractivity contribution in [2.45, 2.75) is 31.3 Å². The molecule has 2 aliphatic rings. The van der Waals surface area contributed by atoms with Crippen molar-refractivity contribution in [3.05, 3.63) is 51.8 Å². The number of hydrogen-bond donors (Lipinski definition) is 2. The number of sulfonamides is 1. The maximum absolute atomic E-state index is 13.8. The zero-order chi connectivity index (χ0) is 27.0. The molecule has 2 N–H and O–H groups in total. The van der Waals surface area contributed by atoms with E-state index in [4.69, 9.17) is 28.3 Å². The Morgan fingerprint density at radius 3 is 2.79 bits per heavy atom. The van der Waals surface area contributed by atoms with Crippen LogP contribution >= 0.6 is 23.2 Å². The number of anilines is 2. The summed E-state index contributed by atoms with van der Waals surface area (Å²) in [6.45, 7) is 1.72. The third kappa shape index (κ3) is 5.68. The number of fused-ring (bicyclic) bond motifs is 1. The van der Waals surface area contributed by atoms with Gasteiger partial charge in [0.05, 0.1) is 35.3 Å². The van der Waals surface area contributed by atoms with Gasteiger partial charge >= 0.3 is 0 Å². The molecule has 3 aromatic rings. The number of carbonyl (C=O) groups is 1. The fraction of sp³-hybridized carbons (Fsp3) is 0.458. The number of carbonyl (C=O) groups excluding carboxylic acids is 1. The van der Waals surface area contributed by atoms with Crippen molar-refractivity contribution in [2.75, 3.05) is 48.7 Å². The van der Waals surface area contributed by atoms with Crippen LogP contribution in [-0.4, -0.2) is 79.0 Å². The molecule has 10 nitrogen and oxygen atoms in total. The van der Waals surface area contributed by atoms with E-state index in [2.05, 4.69) is 15.0 Å². The molecule has 1 aromatic carbocycles. The number of benzene rings is 1. The molecule has 0 spiro atoms. The molecule has 5 rings (SSSR count). The maximum Gasteiger partial charge on any atom is 0.256 e. The van der Waals surface area contributed by atoms with E-state index >= 15 is 0 Å². The average molecular weight is 585 g/mol. The van der Waals surface area contributed by atoms with E-state index in [1.54, 1.807) is 15.5 Å². The molecule has 204 valence electrons. The van der Waals surface area contributed by atoms with E-state index in [9.17, 15) is 17.6 Å². The summed E-state index contributed by atoms with van der Waals surface area (Å²) in [4.78, 5) is 22.0. The van der Waals surface area contributed by atoms with Gasteiger partial charge in [-0.2, -0.15) is 9.61 Å². The Morgan fingerprint density at radius 2 is 2.03 bits per heavy atom. The van der Waals surface area contributed by atoms with Gasteiger partial charge in [-0.15, -0.1) is 0 Å². The van der Waals surface area contributed by atoms with Gasteiger partial charge in [-0.3, -0.25) is 9.52 Å². The van der Waals surface area contributed by atoms with Crippen LogP contribution in [0.25, 0.3) is 5.65 Å². The number of piperidine rings is 1. The SMILES string of the molecule is CS(=O)(=O)Nc1ccc(Cl)cc1C(=O)N1CCCC[C@H]1c1cc2nc(Cl)cc(N3CCN[C@@H](CF)C3)n2n1. The summed E-state index contributed by atoms with van der Waals surface area (Å²) < 4.78 is 41.3. The topological polar surface area (TPSA) is 112 Å². The summed E-state index contributed by atoms with van der Waals surface area (Å²) in [6.07, 6.45) is 3.39. The number of rotatable bonds is 6. The summed E-state index contributed by atoms with van der Waals surface area (Å²) in [7, 11) is -3.62. The van der Waals surface area contributed by atoms with Gasteiger partial charge in [0.2, 0.25) is 10.0 Å². The molecular weight excluding hydrogens is 556 g/mol. The Bertz CT molecular complexity index is 1470. The van der Waals surface area contributed by atoms with Crippen LogP contribution in [0.3, 0.4) is 0 Å². The molecule has 4 heterocycles. The largest absolute Gasteiger partial charge is 0.353 e. The minimum absolute atomic E-state index is 0.165. The first kappa shape index (κ1) is 26.9. The minimum Gasteiger partial charge on any atom is -0.353 e. The molecule has 0 saturated carbocycles. The van der Waals surface area contributed by atoms with Gasteiger partial charge in [-0.25, -0.2) is 17.8 Å². The van der Waals surface area contributed by atoms with Gasteiger partial charge in [0.25, 0.3) is 5.91 Å².